The van der Waals surface area contributed by atoms with Crippen molar-refractivity contribution >= 4 is 0 Å². The molecule has 0 saturated carbocycles. The van der Waals surface area contributed by atoms with Crippen molar-refractivity contribution in [3.05, 3.63) is 47.8 Å². The highest BCUT2D eigenvalue weighted by Crippen LogP contribution is 2.20. The Kier molecular flexibility index (Phi) is 4.10. The lowest BCUT2D eigenvalue weighted by Crippen LogP contribution is -2.19. The zero-order valence-corrected chi connectivity index (χ0v) is 11.2. The number of nitrogens with one attached hydrogen (secondary N) is 1. The Morgan fingerprint density at radius 3 is 2.78 bits per heavy atom. The van der Waals surface area contributed by atoms with E-state index in [2.05, 4.69) is 32.8 Å². The fourth-order valence-corrected chi connectivity index (χ4v) is 2.23. The molecule has 1 atom stereocenters. The van der Waals surface area contributed by atoms with Crippen LogP contribution in [-0.2, 0) is 13.5 Å². The molecular weight excluding hydrogens is 224 g/mol. The van der Waals surface area contributed by atoms with Crippen LogP contribution in [0, 0.1) is 6.92 Å². The molecule has 0 spiro atoms. The normalized spacial score (nSPS) is 12.6. The van der Waals surface area contributed by atoms with Crippen molar-refractivity contribution in [3.63, 3.8) is 0 Å². The van der Waals surface area contributed by atoms with Gasteiger partial charge in [0.1, 0.15) is 5.82 Å². The first kappa shape index (κ1) is 12.8. The van der Waals surface area contributed by atoms with Gasteiger partial charge in [0, 0.05) is 43.8 Å². The van der Waals surface area contributed by atoms with Gasteiger partial charge in [-0.1, -0.05) is 6.07 Å². The van der Waals surface area contributed by atoms with Crippen molar-refractivity contribution < 1.29 is 0 Å². The number of imidazole rings is 1. The minimum Gasteiger partial charge on any atom is -0.338 e. The van der Waals surface area contributed by atoms with E-state index in [4.69, 9.17) is 0 Å². The van der Waals surface area contributed by atoms with Crippen molar-refractivity contribution in [3.8, 4) is 0 Å². The molecule has 0 aliphatic heterocycles. The number of aryl methyl sites for hydroxylation is 3. The van der Waals surface area contributed by atoms with Crippen LogP contribution < -0.4 is 5.32 Å². The largest absolute Gasteiger partial charge is 0.338 e. The van der Waals surface area contributed by atoms with E-state index in [1.807, 2.05) is 38.8 Å². The average molecular weight is 244 g/mol. The molecule has 0 radical (unpaired) electrons. The summed E-state index contributed by atoms with van der Waals surface area (Å²) < 4.78 is 2.07. The molecule has 0 aromatic carbocycles. The highest BCUT2D eigenvalue weighted by Gasteiger charge is 2.13. The van der Waals surface area contributed by atoms with Gasteiger partial charge >= 0.3 is 0 Å². The maximum Gasteiger partial charge on any atom is 0.108 e. The molecule has 1 unspecified atom stereocenters. The number of nitrogens with zero attached hydrogens (tertiary/aromatic N) is 3. The lowest BCUT2D eigenvalue weighted by molar-refractivity contribution is 0.531. The van der Waals surface area contributed by atoms with Gasteiger partial charge in [0.2, 0.25) is 0 Å². The summed E-state index contributed by atoms with van der Waals surface area (Å²) >= 11 is 0. The van der Waals surface area contributed by atoms with E-state index in [-0.39, 0.29) is 0 Å². The van der Waals surface area contributed by atoms with E-state index in [1.54, 1.807) is 0 Å². The predicted octanol–water partition coefficient (Wildman–Crippen LogP) is 2.02. The first-order valence-corrected chi connectivity index (χ1v) is 6.27. The van der Waals surface area contributed by atoms with Crippen LogP contribution in [0.1, 0.15) is 29.5 Å². The third kappa shape index (κ3) is 2.76. The summed E-state index contributed by atoms with van der Waals surface area (Å²) in [7, 11) is 4.03. The number of hydrogen-bond acceptors (Lipinski definition) is 3. The van der Waals surface area contributed by atoms with E-state index in [1.165, 1.54) is 5.56 Å². The summed E-state index contributed by atoms with van der Waals surface area (Å²) in [5, 5.41) is 3.36. The lowest BCUT2D eigenvalue weighted by atomic mass is 10.0. The van der Waals surface area contributed by atoms with Crippen molar-refractivity contribution in [2.24, 2.45) is 7.05 Å². The molecule has 0 saturated heterocycles. The summed E-state index contributed by atoms with van der Waals surface area (Å²) in [6, 6.07) is 4.46. The molecule has 2 aromatic rings. The van der Waals surface area contributed by atoms with Crippen LogP contribution in [0.5, 0.6) is 0 Å². The smallest absolute Gasteiger partial charge is 0.108 e. The summed E-state index contributed by atoms with van der Waals surface area (Å²) in [4.78, 5) is 8.71. The van der Waals surface area contributed by atoms with E-state index in [0.717, 1.165) is 24.4 Å². The average Bonchev–Trinajstić information content (AvgIpc) is 2.78. The van der Waals surface area contributed by atoms with Crippen LogP contribution in [0.4, 0.5) is 0 Å². The van der Waals surface area contributed by atoms with Crippen LogP contribution in [0.25, 0.3) is 0 Å². The Hall–Kier alpha value is -1.68. The van der Waals surface area contributed by atoms with Gasteiger partial charge < -0.3 is 9.88 Å². The van der Waals surface area contributed by atoms with Crippen molar-refractivity contribution in [1.82, 2.24) is 19.9 Å². The highest BCUT2D eigenvalue weighted by atomic mass is 15.0. The zero-order valence-electron chi connectivity index (χ0n) is 11.2. The second kappa shape index (κ2) is 5.78. The van der Waals surface area contributed by atoms with E-state index >= 15 is 0 Å². The number of rotatable bonds is 5. The third-order valence-electron chi connectivity index (χ3n) is 3.35. The van der Waals surface area contributed by atoms with Crippen molar-refractivity contribution in [2.75, 3.05) is 7.05 Å². The number of pyridine rings is 1. The molecule has 2 rings (SSSR count). The molecule has 0 aliphatic rings. The molecule has 0 fully saturated rings. The Balaban J connectivity index is 2.07. The molecule has 18 heavy (non-hydrogen) atoms. The Morgan fingerprint density at radius 1 is 1.33 bits per heavy atom. The standard InChI is InChI=1S/C14H20N4/c1-11-12(5-4-8-16-11)13(15-2)6-7-14-17-9-10-18(14)3/h4-5,8-10,13,15H,6-7H2,1-3H3. The Bertz CT molecular complexity index is 504. The fourth-order valence-electron chi connectivity index (χ4n) is 2.23. The maximum absolute atomic E-state index is 4.36. The van der Waals surface area contributed by atoms with E-state index < -0.39 is 0 Å². The molecule has 96 valence electrons. The summed E-state index contributed by atoms with van der Waals surface area (Å²) in [6.07, 6.45) is 7.65. The second-order valence-corrected chi connectivity index (χ2v) is 4.51. The van der Waals surface area contributed by atoms with Crippen LogP contribution in [0.2, 0.25) is 0 Å². The molecule has 0 bridgehead atoms. The lowest BCUT2D eigenvalue weighted by Gasteiger charge is -2.18. The van der Waals surface area contributed by atoms with Gasteiger partial charge in [0.05, 0.1) is 0 Å². The third-order valence-corrected chi connectivity index (χ3v) is 3.35. The van der Waals surface area contributed by atoms with Gasteiger partial charge in [-0.15, -0.1) is 0 Å². The predicted molar refractivity (Wildman–Crippen MR) is 72.3 cm³/mol. The Labute approximate surface area is 108 Å². The van der Waals surface area contributed by atoms with Crippen LogP contribution in [0.15, 0.2) is 30.7 Å². The number of aromatic nitrogens is 3. The summed E-state index contributed by atoms with van der Waals surface area (Å²) in [5.74, 6) is 1.12. The topological polar surface area (TPSA) is 42.7 Å². The van der Waals surface area contributed by atoms with Crippen molar-refractivity contribution in [1.29, 1.82) is 0 Å². The maximum atomic E-state index is 4.36. The molecule has 2 aromatic heterocycles. The van der Waals surface area contributed by atoms with Gasteiger partial charge in [-0.3, -0.25) is 4.98 Å². The molecule has 4 heteroatoms. The summed E-state index contributed by atoms with van der Waals surface area (Å²) in [6.45, 7) is 2.06. The van der Waals surface area contributed by atoms with Crippen LogP contribution in [0.3, 0.4) is 0 Å². The molecule has 1 N–H and O–H groups in total. The first-order chi connectivity index (χ1) is 8.72. The fraction of sp³-hybridized carbons (Fsp3) is 0.429. The molecular formula is C14H20N4. The van der Waals surface area contributed by atoms with Crippen LogP contribution >= 0.6 is 0 Å². The van der Waals surface area contributed by atoms with Gasteiger partial charge in [0.25, 0.3) is 0 Å². The minimum absolute atomic E-state index is 0.329. The second-order valence-electron chi connectivity index (χ2n) is 4.51. The van der Waals surface area contributed by atoms with Crippen molar-refractivity contribution in [2.45, 2.75) is 25.8 Å². The van der Waals surface area contributed by atoms with Gasteiger partial charge in [-0.2, -0.15) is 0 Å². The Morgan fingerprint density at radius 2 is 2.17 bits per heavy atom. The summed E-state index contributed by atoms with van der Waals surface area (Å²) in [5.41, 5.74) is 2.37. The minimum atomic E-state index is 0.329. The SMILES string of the molecule is CNC(CCc1nccn1C)c1cccnc1C. The van der Waals surface area contributed by atoms with E-state index in [0.29, 0.717) is 6.04 Å². The first-order valence-electron chi connectivity index (χ1n) is 6.27. The number of hydrogen-bond donors (Lipinski definition) is 1. The molecule has 4 nitrogen and oxygen atoms in total. The monoisotopic (exact) mass is 244 g/mol. The van der Waals surface area contributed by atoms with Crippen LogP contribution in [-0.4, -0.2) is 21.6 Å². The molecule has 0 amide bonds. The zero-order chi connectivity index (χ0) is 13.0. The van der Waals surface area contributed by atoms with Gasteiger partial charge in [-0.25, -0.2) is 4.98 Å². The van der Waals surface area contributed by atoms with Gasteiger partial charge in [-0.05, 0) is 32.0 Å². The quantitative estimate of drug-likeness (QED) is 0.875. The highest BCUT2D eigenvalue weighted by molar-refractivity contribution is 5.22. The molecule has 0 aliphatic carbocycles. The van der Waals surface area contributed by atoms with E-state index in [9.17, 15) is 0 Å². The molecule has 2 heterocycles. The van der Waals surface area contributed by atoms with Gasteiger partial charge in [0.15, 0.2) is 0 Å².